The molecule has 3 N–H and O–H groups in total. The molecule has 0 radical (unpaired) electrons. The van der Waals surface area contributed by atoms with Crippen LogP contribution in [0, 0.1) is 0 Å². The Kier molecular flexibility index (Phi) is 19.6. The monoisotopic (exact) mass is 406 g/mol. The van der Waals surface area contributed by atoms with Crippen molar-refractivity contribution in [3.05, 3.63) is 0 Å². The van der Waals surface area contributed by atoms with Crippen molar-refractivity contribution in [3.63, 3.8) is 0 Å². The molecule has 0 bridgehead atoms. The van der Waals surface area contributed by atoms with E-state index in [1.54, 1.807) is 0 Å². The SMILES string of the molecule is CCCCCCCCCOCC[CH2][Na].O=C(O)CC(C(=O)O)S(=O)(=O)O. The molecule has 0 aromatic heterocycles. The summed E-state index contributed by atoms with van der Waals surface area (Å²) < 4.78 is 35.6. The molecule has 0 saturated carbocycles. The Bertz CT molecular complexity index is 455. The van der Waals surface area contributed by atoms with Crippen molar-refractivity contribution >= 4 is 50.0 Å². The molecule has 0 aliphatic heterocycles. The van der Waals surface area contributed by atoms with E-state index in [1.165, 1.54) is 83.0 Å². The summed E-state index contributed by atoms with van der Waals surface area (Å²) in [5.41, 5.74) is 0. The number of carboxylic acid groups (broad SMARTS) is 2. The standard InChI is InChI=1S/C12H25O.C4H6O7S.Na/c1-3-5-6-7-8-9-10-12-13-11-4-2;5-3(6)1-2(4(7)8)12(9,10)11;/h2-12H2,1H3;2H,1H2,(H,5,6)(H,7,8)(H,9,10,11);. The second-order valence-electron chi connectivity index (χ2n) is 6.03. The Morgan fingerprint density at radius 3 is 1.85 bits per heavy atom. The van der Waals surface area contributed by atoms with Crippen molar-refractivity contribution in [3.8, 4) is 0 Å². The molecule has 0 rings (SSSR count). The van der Waals surface area contributed by atoms with Gasteiger partial charge in [0.2, 0.25) is 0 Å². The average Bonchev–Trinajstić information content (AvgIpc) is 2.53. The van der Waals surface area contributed by atoms with Gasteiger partial charge in [-0.05, 0) is 0 Å². The van der Waals surface area contributed by atoms with Crippen LogP contribution in [-0.2, 0) is 24.4 Å². The van der Waals surface area contributed by atoms with E-state index in [0.29, 0.717) is 0 Å². The summed E-state index contributed by atoms with van der Waals surface area (Å²) >= 11 is 1.33. The van der Waals surface area contributed by atoms with E-state index in [2.05, 4.69) is 6.92 Å². The van der Waals surface area contributed by atoms with Gasteiger partial charge in [-0.15, -0.1) is 0 Å². The molecular formula is C16H31NaO8S. The molecule has 26 heavy (non-hydrogen) atoms. The second-order valence-corrected chi connectivity index (χ2v) is 8.63. The van der Waals surface area contributed by atoms with E-state index in [4.69, 9.17) is 19.5 Å². The second kappa shape index (κ2) is 18.2. The van der Waals surface area contributed by atoms with Gasteiger partial charge in [-0.25, -0.2) is 0 Å². The summed E-state index contributed by atoms with van der Waals surface area (Å²) in [5.74, 6) is -3.50. The zero-order chi connectivity index (χ0) is 20.4. The summed E-state index contributed by atoms with van der Waals surface area (Å²) in [7, 11) is -4.84. The Morgan fingerprint density at radius 1 is 0.962 bits per heavy atom. The molecule has 0 fully saturated rings. The Morgan fingerprint density at radius 2 is 1.46 bits per heavy atom. The van der Waals surface area contributed by atoms with Crippen LogP contribution in [0.3, 0.4) is 0 Å². The Balaban J connectivity index is 0. The number of hydrogen-bond donors (Lipinski definition) is 3. The fourth-order valence-electron chi connectivity index (χ4n) is 1.99. The molecule has 1 atom stereocenters. The molecule has 0 amide bonds. The van der Waals surface area contributed by atoms with Crippen molar-refractivity contribution in [2.24, 2.45) is 0 Å². The maximum Gasteiger partial charge on any atom is 0.325 e. The van der Waals surface area contributed by atoms with Gasteiger partial charge in [0.25, 0.3) is 10.1 Å². The minimum atomic E-state index is -4.84. The van der Waals surface area contributed by atoms with Crippen LogP contribution in [0.4, 0.5) is 0 Å². The van der Waals surface area contributed by atoms with Gasteiger partial charge < -0.3 is 10.2 Å². The van der Waals surface area contributed by atoms with E-state index in [1.807, 2.05) is 0 Å². The van der Waals surface area contributed by atoms with Crippen molar-refractivity contribution < 1.29 is 37.5 Å². The van der Waals surface area contributed by atoms with E-state index >= 15 is 0 Å². The molecule has 0 saturated heterocycles. The average molecular weight is 406 g/mol. The zero-order valence-corrected chi connectivity index (χ0v) is 18.7. The topological polar surface area (TPSA) is 138 Å². The third kappa shape index (κ3) is 20.1. The first kappa shape index (κ1) is 28.0. The van der Waals surface area contributed by atoms with Gasteiger partial charge in [0, 0.05) is 0 Å². The van der Waals surface area contributed by atoms with Crippen LogP contribution in [-0.4, -0.2) is 81.5 Å². The van der Waals surface area contributed by atoms with Crippen LogP contribution >= 0.6 is 0 Å². The van der Waals surface area contributed by atoms with E-state index in [0.717, 1.165) is 13.2 Å². The first-order valence-corrected chi connectivity index (χ1v) is 12.1. The summed E-state index contributed by atoms with van der Waals surface area (Å²) in [6.45, 7) is 4.26. The zero-order valence-electron chi connectivity index (χ0n) is 15.9. The molecule has 0 aromatic rings. The molecular weight excluding hydrogens is 375 g/mol. The Hall–Kier alpha value is -0.190. The minimum Gasteiger partial charge on any atom is -0.481 e. The maximum atomic E-state index is 10.2. The van der Waals surface area contributed by atoms with Gasteiger partial charge in [-0.2, -0.15) is 8.42 Å². The van der Waals surface area contributed by atoms with Crippen molar-refractivity contribution in [1.29, 1.82) is 0 Å². The van der Waals surface area contributed by atoms with Crippen LogP contribution < -0.4 is 0 Å². The van der Waals surface area contributed by atoms with E-state index < -0.39 is 33.7 Å². The van der Waals surface area contributed by atoms with Crippen LogP contribution in [0.1, 0.15) is 64.7 Å². The van der Waals surface area contributed by atoms with Crippen LogP contribution in [0.5, 0.6) is 0 Å². The molecule has 8 nitrogen and oxygen atoms in total. The van der Waals surface area contributed by atoms with Crippen molar-refractivity contribution in [1.82, 2.24) is 0 Å². The van der Waals surface area contributed by atoms with E-state index in [9.17, 15) is 18.0 Å². The number of carbonyl (C=O) groups is 2. The predicted octanol–water partition coefficient (Wildman–Crippen LogP) is 2.53. The molecule has 150 valence electrons. The van der Waals surface area contributed by atoms with Crippen molar-refractivity contribution in [2.75, 3.05) is 13.2 Å². The van der Waals surface area contributed by atoms with Crippen LogP contribution in [0.15, 0.2) is 0 Å². The first-order valence-electron chi connectivity index (χ1n) is 9.15. The number of hydrogen-bond acceptors (Lipinski definition) is 5. The number of aliphatic carboxylic acids is 2. The van der Waals surface area contributed by atoms with Gasteiger partial charge in [-0.1, -0.05) is 6.92 Å². The predicted molar refractivity (Wildman–Crippen MR) is 99.2 cm³/mol. The minimum absolute atomic E-state index is 0.995. The van der Waals surface area contributed by atoms with Gasteiger partial charge in [0.05, 0.1) is 6.42 Å². The quantitative estimate of drug-likeness (QED) is 0.214. The largest absolute Gasteiger partial charge is 0.481 e. The number of carboxylic acids is 2. The summed E-state index contributed by atoms with van der Waals surface area (Å²) in [5, 5.41) is 13.9. The molecule has 1 unspecified atom stereocenters. The molecule has 0 aliphatic rings. The first-order chi connectivity index (χ1) is 12.2. The smallest absolute Gasteiger partial charge is 0.325 e. The third-order valence-corrected chi connectivity index (χ3v) is 5.32. The van der Waals surface area contributed by atoms with Crippen molar-refractivity contribution in [2.45, 2.75) is 73.6 Å². The maximum absolute atomic E-state index is 10.2. The molecule has 0 spiro atoms. The molecule has 0 heterocycles. The fraction of sp³-hybridized carbons (Fsp3) is 0.875. The molecule has 0 aromatic carbocycles. The van der Waals surface area contributed by atoms with E-state index in [-0.39, 0.29) is 0 Å². The number of rotatable bonds is 15. The number of unbranched alkanes of at least 4 members (excludes halogenated alkanes) is 6. The normalized spacial score (nSPS) is 12.2. The number of ether oxygens (including phenoxy) is 1. The molecule has 10 heteroatoms. The third-order valence-electron chi connectivity index (χ3n) is 3.53. The Labute approximate surface area is 173 Å². The summed E-state index contributed by atoms with van der Waals surface area (Å²) in [6, 6.07) is 0. The van der Waals surface area contributed by atoms with Gasteiger partial charge >= 0.3 is 113 Å². The van der Waals surface area contributed by atoms with Crippen LogP contribution in [0.2, 0.25) is 3.67 Å². The van der Waals surface area contributed by atoms with Gasteiger partial charge in [0.1, 0.15) is 0 Å². The summed E-state index contributed by atoms with van der Waals surface area (Å²) in [6.07, 6.45) is 9.78. The van der Waals surface area contributed by atoms with Gasteiger partial charge in [0.15, 0.2) is 5.25 Å². The van der Waals surface area contributed by atoms with Crippen LogP contribution in [0.25, 0.3) is 0 Å². The van der Waals surface area contributed by atoms with Gasteiger partial charge in [-0.3, -0.25) is 14.1 Å². The fourth-order valence-corrected chi connectivity index (χ4v) is 2.88. The summed E-state index contributed by atoms with van der Waals surface area (Å²) in [4.78, 5) is 20.0. The molecule has 0 aliphatic carbocycles.